The highest BCUT2D eigenvalue weighted by Gasteiger charge is 2.38. The summed E-state index contributed by atoms with van der Waals surface area (Å²) in [6, 6.07) is 8.73. The van der Waals surface area contributed by atoms with Crippen molar-refractivity contribution in [2.45, 2.75) is 49.5 Å². The van der Waals surface area contributed by atoms with E-state index in [9.17, 15) is 13.7 Å². The molecule has 1 aromatic rings. The molecule has 0 heterocycles. The number of hydrogen-bond acceptors (Lipinski definition) is 3. The van der Waals surface area contributed by atoms with E-state index < -0.39 is 15.6 Å². The van der Waals surface area contributed by atoms with Crippen molar-refractivity contribution >= 4 is 26.0 Å². The molecule has 1 fully saturated rings. The maximum atomic E-state index is 12.5. The largest absolute Gasteiger partial charge is 0.241 e. The molecule has 0 radical (unpaired) electrons. The second kappa shape index (κ2) is 6.47. The Labute approximate surface area is 134 Å². The summed E-state index contributed by atoms with van der Waals surface area (Å²) in [5, 5.41) is 9.48. The number of nitrogens with one attached hydrogen (secondary N) is 1. The molecule has 1 aliphatic carbocycles. The van der Waals surface area contributed by atoms with Crippen LogP contribution in [0.25, 0.3) is 0 Å². The molecule has 0 bridgehead atoms. The van der Waals surface area contributed by atoms with Crippen LogP contribution in [-0.4, -0.2) is 14.0 Å². The minimum absolute atomic E-state index is 0.184. The topological polar surface area (TPSA) is 70.0 Å². The number of halogens is 1. The highest BCUT2D eigenvalue weighted by atomic mass is 79.9. The zero-order chi connectivity index (χ0) is 15.5. The monoisotopic (exact) mass is 370 g/mol. The van der Waals surface area contributed by atoms with E-state index in [4.69, 9.17) is 0 Å². The fourth-order valence-corrected chi connectivity index (χ4v) is 4.74. The molecule has 1 aromatic carbocycles. The number of rotatable bonds is 4. The lowest BCUT2D eigenvalue weighted by molar-refractivity contribution is 0.259. The van der Waals surface area contributed by atoms with Crippen LogP contribution >= 0.6 is 15.9 Å². The zero-order valence-electron chi connectivity index (χ0n) is 12.0. The Bertz CT molecular complexity index is 644. The van der Waals surface area contributed by atoms with Crippen molar-refractivity contribution < 1.29 is 8.42 Å². The van der Waals surface area contributed by atoms with Gasteiger partial charge in [0.25, 0.3) is 0 Å². The van der Waals surface area contributed by atoms with Gasteiger partial charge >= 0.3 is 0 Å². The summed E-state index contributed by atoms with van der Waals surface area (Å²) < 4.78 is 28.3. The summed E-state index contributed by atoms with van der Waals surface area (Å²) in [4.78, 5) is 0.184. The summed E-state index contributed by atoms with van der Waals surface area (Å²) in [5.41, 5.74) is -0.965. The minimum Gasteiger partial charge on any atom is -0.207 e. The second-order valence-electron chi connectivity index (χ2n) is 5.61. The van der Waals surface area contributed by atoms with Gasteiger partial charge in [-0.1, -0.05) is 35.3 Å². The first kappa shape index (κ1) is 16.5. The molecule has 0 aromatic heterocycles. The molecule has 0 unspecified atom stereocenters. The van der Waals surface area contributed by atoms with E-state index in [0.29, 0.717) is 23.2 Å². The van der Waals surface area contributed by atoms with Crippen LogP contribution in [0, 0.1) is 17.2 Å². The van der Waals surface area contributed by atoms with Crippen LogP contribution < -0.4 is 4.72 Å². The van der Waals surface area contributed by atoms with Gasteiger partial charge < -0.3 is 0 Å². The maximum absolute atomic E-state index is 12.5. The summed E-state index contributed by atoms with van der Waals surface area (Å²) in [6.07, 6.45) is 4.03. The van der Waals surface area contributed by atoms with Crippen molar-refractivity contribution in [3.8, 4) is 6.07 Å². The molecular formula is C15H19BrN2O2S. The van der Waals surface area contributed by atoms with Crippen molar-refractivity contribution in [3.63, 3.8) is 0 Å². The third-order valence-corrected chi connectivity index (χ3v) is 6.21. The summed E-state index contributed by atoms with van der Waals surface area (Å²) in [5.74, 6) is 0.599. The van der Waals surface area contributed by atoms with Gasteiger partial charge in [-0.2, -0.15) is 9.98 Å². The summed E-state index contributed by atoms with van der Waals surface area (Å²) >= 11 is 3.27. The van der Waals surface area contributed by atoms with Crippen LogP contribution in [0.15, 0.2) is 33.6 Å². The van der Waals surface area contributed by atoms with E-state index in [0.717, 1.165) is 19.3 Å². The van der Waals surface area contributed by atoms with Crippen LogP contribution in [0.5, 0.6) is 0 Å². The fraction of sp³-hybridized carbons (Fsp3) is 0.533. The van der Waals surface area contributed by atoms with Gasteiger partial charge in [0.05, 0.1) is 11.0 Å². The molecule has 1 aliphatic rings. The van der Waals surface area contributed by atoms with Crippen molar-refractivity contribution in [1.82, 2.24) is 4.72 Å². The quantitative estimate of drug-likeness (QED) is 0.879. The molecule has 0 amide bonds. The van der Waals surface area contributed by atoms with Gasteiger partial charge in [0.2, 0.25) is 10.0 Å². The molecule has 1 saturated carbocycles. The average Bonchev–Trinajstić information content (AvgIpc) is 2.47. The number of benzene rings is 1. The Morgan fingerprint density at radius 3 is 2.62 bits per heavy atom. The Balaban J connectivity index is 2.21. The summed E-state index contributed by atoms with van der Waals surface area (Å²) in [6.45, 7) is 2.13. The molecule has 0 aliphatic heterocycles. The molecule has 1 N–H and O–H groups in total. The van der Waals surface area contributed by atoms with Gasteiger partial charge in [-0.05, 0) is 49.8 Å². The predicted molar refractivity (Wildman–Crippen MR) is 85.1 cm³/mol. The van der Waals surface area contributed by atoms with E-state index in [2.05, 4.69) is 33.6 Å². The lowest BCUT2D eigenvalue weighted by Gasteiger charge is -2.34. The molecule has 6 heteroatoms. The smallest absolute Gasteiger partial charge is 0.207 e. The lowest BCUT2D eigenvalue weighted by atomic mass is 9.77. The van der Waals surface area contributed by atoms with E-state index in [1.165, 1.54) is 6.07 Å². The predicted octanol–water partition coefficient (Wildman–Crippen LogP) is 3.59. The molecule has 4 nitrogen and oxygen atoms in total. The van der Waals surface area contributed by atoms with Gasteiger partial charge in [-0.15, -0.1) is 0 Å². The number of nitrogens with zero attached hydrogens (tertiary/aromatic N) is 1. The van der Waals surface area contributed by atoms with Crippen molar-refractivity contribution in [3.05, 3.63) is 28.7 Å². The van der Waals surface area contributed by atoms with Crippen LogP contribution in [0.3, 0.4) is 0 Å². The average molecular weight is 371 g/mol. The van der Waals surface area contributed by atoms with Crippen molar-refractivity contribution in [2.75, 3.05) is 0 Å². The molecule has 21 heavy (non-hydrogen) atoms. The number of sulfonamides is 1. The third-order valence-electron chi connectivity index (χ3n) is 4.19. The first-order valence-corrected chi connectivity index (χ1v) is 9.39. The highest BCUT2D eigenvalue weighted by molar-refractivity contribution is 9.10. The standard InChI is InChI=1S/C15H19BrN2O2S/c1-2-12-6-8-15(11-17,9-7-12)18-21(19,20)14-5-3-4-13(16)10-14/h3-5,10,12,18H,2,6-9H2,1H3. The van der Waals surface area contributed by atoms with Crippen LogP contribution in [0.4, 0.5) is 0 Å². The Hall–Kier alpha value is -0.900. The normalized spacial score (nSPS) is 26.2. The van der Waals surface area contributed by atoms with Crippen molar-refractivity contribution in [2.24, 2.45) is 5.92 Å². The molecule has 114 valence electrons. The molecular weight excluding hydrogens is 352 g/mol. The minimum atomic E-state index is -3.68. The van der Waals surface area contributed by atoms with Crippen molar-refractivity contribution in [1.29, 1.82) is 5.26 Å². The Morgan fingerprint density at radius 1 is 1.43 bits per heavy atom. The Kier molecular flexibility index (Phi) is 5.07. The van der Waals surface area contributed by atoms with E-state index in [-0.39, 0.29) is 4.90 Å². The molecule has 0 atom stereocenters. The number of nitriles is 1. The van der Waals surface area contributed by atoms with Gasteiger partial charge in [-0.25, -0.2) is 8.42 Å². The van der Waals surface area contributed by atoms with Crippen LogP contribution in [0.2, 0.25) is 0 Å². The Morgan fingerprint density at radius 2 is 2.10 bits per heavy atom. The zero-order valence-corrected chi connectivity index (χ0v) is 14.4. The SMILES string of the molecule is CCC1CCC(C#N)(NS(=O)(=O)c2cccc(Br)c2)CC1. The summed E-state index contributed by atoms with van der Waals surface area (Å²) in [7, 11) is -3.68. The van der Waals surface area contributed by atoms with Crippen LogP contribution in [0.1, 0.15) is 39.0 Å². The van der Waals surface area contributed by atoms with E-state index in [1.807, 2.05) is 0 Å². The molecule has 0 saturated heterocycles. The van der Waals surface area contributed by atoms with Gasteiger partial charge in [0.15, 0.2) is 0 Å². The number of hydrogen-bond donors (Lipinski definition) is 1. The van der Waals surface area contributed by atoms with E-state index >= 15 is 0 Å². The first-order valence-electron chi connectivity index (χ1n) is 7.11. The van der Waals surface area contributed by atoms with Gasteiger partial charge in [0, 0.05) is 4.47 Å². The molecule has 0 spiro atoms. The third kappa shape index (κ3) is 3.85. The fourth-order valence-electron chi connectivity index (χ4n) is 2.77. The van der Waals surface area contributed by atoms with Gasteiger partial charge in [0.1, 0.15) is 5.54 Å². The first-order chi connectivity index (χ1) is 9.91. The van der Waals surface area contributed by atoms with Gasteiger partial charge in [-0.3, -0.25) is 0 Å². The van der Waals surface area contributed by atoms with Crippen LogP contribution in [-0.2, 0) is 10.0 Å². The maximum Gasteiger partial charge on any atom is 0.241 e. The van der Waals surface area contributed by atoms with E-state index in [1.54, 1.807) is 18.2 Å². The highest BCUT2D eigenvalue weighted by Crippen LogP contribution is 2.34. The lowest BCUT2D eigenvalue weighted by Crippen LogP contribution is -2.49. The second-order valence-corrected chi connectivity index (χ2v) is 8.21. The molecule has 2 rings (SSSR count).